The molecule has 0 heterocycles. The van der Waals surface area contributed by atoms with Gasteiger partial charge in [0, 0.05) is 16.8 Å². The number of hydrogen-bond donors (Lipinski definition) is 6. The van der Waals surface area contributed by atoms with E-state index in [0.29, 0.717) is 12.1 Å². The molecule has 0 atom stereocenters. The van der Waals surface area contributed by atoms with Gasteiger partial charge in [0.1, 0.15) is 22.7 Å². The van der Waals surface area contributed by atoms with Gasteiger partial charge in [0.2, 0.25) is 0 Å². The molecule has 14 nitrogen and oxygen atoms in total. The highest BCUT2D eigenvalue weighted by Gasteiger charge is 2.22. The Bertz CT molecular complexity index is 1630. The largest absolute Gasteiger partial charge is 0.507 e. The van der Waals surface area contributed by atoms with Crippen molar-refractivity contribution in [2.75, 3.05) is 0 Å². The Morgan fingerprint density at radius 2 is 1.38 bits per heavy atom. The van der Waals surface area contributed by atoms with Crippen LogP contribution in [0.1, 0.15) is 20.7 Å². The third kappa shape index (κ3) is 4.64. The van der Waals surface area contributed by atoms with Crippen LogP contribution in [-0.2, 0) is 20.2 Å². The third-order valence-corrected chi connectivity index (χ3v) is 6.13. The molecule has 0 aliphatic carbocycles. The normalized spacial score (nSPS) is 12.3. The van der Waals surface area contributed by atoms with Crippen LogP contribution in [0.15, 0.2) is 56.4 Å². The predicted molar refractivity (Wildman–Crippen MR) is 113 cm³/mol. The molecule has 0 aliphatic heterocycles. The molecule has 0 unspecified atom stereocenters. The minimum Gasteiger partial charge on any atom is -0.507 e. The molecule has 0 bridgehead atoms. The number of aromatic carboxylic acids is 1. The van der Waals surface area contributed by atoms with Crippen molar-refractivity contribution >= 4 is 54.3 Å². The van der Waals surface area contributed by atoms with Gasteiger partial charge in [0.05, 0.1) is 15.4 Å². The molecule has 34 heavy (non-hydrogen) atoms. The van der Waals surface area contributed by atoms with E-state index in [1.54, 1.807) is 0 Å². The van der Waals surface area contributed by atoms with E-state index >= 15 is 0 Å². The molecule has 178 valence electrons. The highest BCUT2D eigenvalue weighted by Crippen LogP contribution is 2.39. The molecular weight excluding hydrogens is 498 g/mol. The number of carbonyl (C=O) groups excluding carboxylic acids is 1. The summed E-state index contributed by atoms with van der Waals surface area (Å²) in [6, 6.07) is 4.90. The van der Waals surface area contributed by atoms with Crippen molar-refractivity contribution in [2.24, 2.45) is 16.0 Å². The number of carboxylic acids is 1. The Kier molecular flexibility index (Phi) is 6.02. The second-order valence-corrected chi connectivity index (χ2v) is 9.50. The first-order valence-electron chi connectivity index (χ1n) is 8.68. The van der Waals surface area contributed by atoms with Crippen LogP contribution in [0.25, 0.3) is 10.8 Å². The maximum Gasteiger partial charge on any atom is 0.339 e. The number of primary amides is 1. The number of benzene rings is 3. The Labute approximate surface area is 190 Å². The number of nitrogens with two attached hydrogens (primary N) is 1. The van der Waals surface area contributed by atoms with Crippen LogP contribution >= 0.6 is 0 Å². The zero-order valence-corrected chi connectivity index (χ0v) is 18.1. The molecule has 0 spiro atoms. The van der Waals surface area contributed by atoms with Crippen LogP contribution in [0.4, 0.5) is 11.4 Å². The van der Waals surface area contributed by atoms with Crippen LogP contribution < -0.4 is 5.73 Å². The Morgan fingerprint density at radius 1 is 0.794 bits per heavy atom. The summed E-state index contributed by atoms with van der Waals surface area (Å²) in [5.74, 6) is -4.55. The van der Waals surface area contributed by atoms with E-state index in [-0.39, 0.29) is 16.3 Å². The van der Waals surface area contributed by atoms with E-state index in [1.165, 1.54) is 6.07 Å². The molecule has 16 heteroatoms. The average Bonchev–Trinajstić information content (AvgIpc) is 2.70. The van der Waals surface area contributed by atoms with Gasteiger partial charge in [-0.2, -0.15) is 16.8 Å². The molecule has 0 saturated carbocycles. The van der Waals surface area contributed by atoms with Gasteiger partial charge in [-0.05, 0) is 30.3 Å². The second kappa shape index (κ2) is 8.34. The fourth-order valence-corrected chi connectivity index (χ4v) is 3.97. The lowest BCUT2D eigenvalue weighted by molar-refractivity contribution is 0.0693. The number of hydrogen-bond acceptors (Lipinski definition) is 10. The molecule has 3 aromatic rings. The number of carboxylic acid groups (broad SMARTS) is 1. The van der Waals surface area contributed by atoms with Gasteiger partial charge < -0.3 is 21.1 Å². The van der Waals surface area contributed by atoms with Crippen LogP contribution in [0.5, 0.6) is 11.5 Å². The average molecular weight is 511 g/mol. The highest BCUT2D eigenvalue weighted by atomic mass is 32.2. The first kappa shape index (κ1) is 24.5. The quantitative estimate of drug-likeness (QED) is 0.206. The van der Waals surface area contributed by atoms with Gasteiger partial charge >= 0.3 is 5.97 Å². The number of amides is 1. The lowest BCUT2D eigenvalue weighted by Gasteiger charge is -2.10. The van der Waals surface area contributed by atoms with Crippen molar-refractivity contribution in [1.29, 1.82) is 0 Å². The second-order valence-electron chi connectivity index (χ2n) is 6.66. The summed E-state index contributed by atoms with van der Waals surface area (Å²) in [6.07, 6.45) is 0. The van der Waals surface area contributed by atoms with Crippen LogP contribution in [0.3, 0.4) is 0 Å². The Balaban J connectivity index is 2.38. The number of phenolic OH excluding ortho intramolecular Hbond substituents is 1. The number of aromatic hydroxyl groups is 2. The van der Waals surface area contributed by atoms with Crippen molar-refractivity contribution < 1.29 is 50.8 Å². The molecule has 0 radical (unpaired) electrons. The van der Waals surface area contributed by atoms with Crippen LogP contribution in [0, 0.1) is 0 Å². The number of nitrogens with zero attached hydrogens (tertiary/aromatic N) is 2. The lowest BCUT2D eigenvalue weighted by atomic mass is 10.0. The van der Waals surface area contributed by atoms with Crippen molar-refractivity contribution in [3.8, 4) is 11.5 Å². The van der Waals surface area contributed by atoms with Gasteiger partial charge in [-0.15, -0.1) is 10.2 Å². The summed E-state index contributed by atoms with van der Waals surface area (Å²) in [4.78, 5) is 21.5. The van der Waals surface area contributed by atoms with E-state index in [4.69, 9.17) is 5.73 Å². The first-order chi connectivity index (χ1) is 15.6. The molecular formula is C18H13N3O11S2. The monoisotopic (exact) mass is 511 g/mol. The summed E-state index contributed by atoms with van der Waals surface area (Å²) in [7, 11) is -9.77. The number of phenols is 2. The molecule has 0 saturated heterocycles. The maximum atomic E-state index is 11.9. The number of carbonyl (C=O) groups is 2. The minimum atomic E-state index is -4.94. The SMILES string of the molecule is NC(=O)c1ccc2c(O)cc(S(=O)(=O)O)cc2c1N=Nc1cc(S(=O)(=O)O)cc(C(=O)O)c1O. The smallest absolute Gasteiger partial charge is 0.339 e. The third-order valence-electron chi connectivity index (χ3n) is 4.47. The van der Waals surface area contributed by atoms with Crippen molar-refractivity contribution in [1.82, 2.24) is 0 Å². The van der Waals surface area contributed by atoms with E-state index in [0.717, 1.165) is 18.2 Å². The topological polar surface area (TPSA) is 254 Å². The number of fused-ring (bicyclic) bond motifs is 1. The Morgan fingerprint density at radius 3 is 1.91 bits per heavy atom. The summed E-state index contributed by atoms with van der Waals surface area (Å²) < 4.78 is 64.6. The first-order valence-corrected chi connectivity index (χ1v) is 11.6. The molecule has 1 amide bonds. The fraction of sp³-hybridized carbons (Fsp3) is 0. The summed E-state index contributed by atoms with van der Waals surface area (Å²) in [5.41, 5.74) is 2.74. The maximum absolute atomic E-state index is 11.9. The molecule has 0 aromatic heterocycles. The van der Waals surface area contributed by atoms with Crippen molar-refractivity contribution in [2.45, 2.75) is 9.79 Å². The van der Waals surface area contributed by atoms with Gasteiger partial charge in [-0.25, -0.2) is 4.79 Å². The predicted octanol–water partition coefficient (Wildman–Crippen LogP) is 1.96. The van der Waals surface area contributed by atoms with Crippen LogP contribution in [0.2, 0.25) is 0 Å². The van der Waals surface area contributed by atoms with E-state index in [1.807, 2.05) is 0 Å². The minimum absolute atomic E-state index is 0.0616. The van der Waals surface area contributed by atoms with E-state index < -0.39 is 70.3 Å². The Hall–Kier alpha value is -4.12. The number of rotatable bonds is 6. The summed E-state index contributed by atoms with van der Waals surface area (Å²) in [5, 5.41) is 36.4. The van der Waals surface area contributed by atoms with Crippen LogP contribution in [-0.4, -0.2) is 53.1 Å². The van der Waals surface area contributed by atoms with E-state index in [9.17, 15) is 50.8 Å². The van der Waals surface area contributed by atoms with Gasteiger partial charge in [0.15, 0.2) is 5.75 Å². The fourth-order valence-electron chi connectivity index (χ4n) is 2.91. The van der Waals surface area contributed by atoms with Gasteiger partial charge in [-0.3, -0.25) is 13.9 Å². The van der Waals surface area contributed by atoms with E-state index in [2.05, 4.69) is 10.2 Å². The standard InChI is InChI=1S/C18H13N3O11S2/c19-17(24)10-2-1-9-11(3-8(6-14(9)22)34(30,31)32)15(10)21-20-13-5-7(33(27,28)29)4-12(16(13)23)18(25)26/h1-6,22-23H,(H2,19,24)(H,25,26)(H,27,28,29)(H,30,31,32). The molecule has 3 aromatic carbocycles. The van der Waals surface area contributed by atoms with Crippen molar-refractivity contribution in [3.05, 3.63) is 47.5 Å². The zero-order valence-electron chi connectivity index (χ0n) is 16.4. The number of azo groups is 1. The highest BCUT2D eigenvalue weighted by molar-refractivity contribution is 7.86. The van der Waals surface area contributed by atoms with Crippen molar-refractivity contribution in [3.63, 3.8) is 0 Å². The molecule has 3 rings (SSSR count). The summed E-state index contributed by atoms with van der Waals surface area (Å²) in [6.45, 7) is 0. The zero-order chi connectivity index (χ0) is 25.6. The summed E-state index contributed by atoms with van der Waals surface area (Å²) >= 11 is 0. The molecule has 7 N–H and O–H groups in total. The van der Waals surface area contributed by atoms with Gasteiger partial charge in [0.25, 0.3) is 26.1 Å². The lowest BCUT2D eigenvalue weighted by Crippen LogP contribution is -2.11. The van der Waals surface area contributed by atoms with Gasteiger partial charge in [-0.1, -0.05) is 0 Å². The molecule has 0 fully saturated rings. The molecule has 0 aliphatic rings.